The van der Waals surface area contributed by atoms with Crippen molar-refractivity contribution in [2.75, 3.05) is 6.61 Å². The Kier molecular flexibility index (Phi) is 3.64. The number of hydrogen-bond acceptors (Lipinski definition) is 2. The molecule has 2 nitrogen and oxygen atoms in total. The molecule has 0 aromatic heterocycles. The number of fused-ring (bicyclic) bond motifs is 1. The summed E-state index contributed by atoms with van der Waals surface area (Å²) in [6.45, 7) is 2.66. The van der Waals surface area contributed by atoms with Crippen molar-refractivity contribution in [2.24, 2.45) is 0 Å². The van der Waals surface area contributed by atoms with E-state index in [0.717, 1.165) is 47.2 Å². The van der Waals surface area contributed by atoms with Gasteiger partial charge in [-0.3, -0.25) is 4.79 Å². The SMILES string of the molecule is CCC(=O)c1cc(Br)c2c(c1)CCCCO2. The van der Waals surface area contributed by atoms with Gasteiger partial charge in [-0.05, 0) is 52.9 Å². The van der Waals surface area contributed by atoms with Crippen molar-refractivity contribution in [3.8, 4) is 5.75 Å². The van der Waals surface area contributed by atoms with Gasteiger partial charge in [0.1, 0.15) is 5.75 Å². The molecule has 0 radical (unpaired) electrons. The van der Waals surface area contributed by atoms with Gasteiger partial charge < -0.3 is 4.74 Å². The number of Topliss-reactive ketones (excluding diaryl/α,β-unsaturated/α-hetero) is 1. The monoisotopic (exact) mass is 282 g/mol. The highest BCUT2D eigenvalue weighted by Crippen LogP contribution is 2.34. The molecular weight excluding hydrogens is 268 g/mol. The van der Waals surface area contributed by atoms with Crippen LogP contribution in [0.3, 0.4) is 0 Å². The first-order valence-corrected chi connectivity index (χ1v) is 6.50. The fourth-order valence-electron chi connectivity index (χ4n) is 1.95. The van der Waals surface area contributed by atoms with Crippen LogP contribution >= 0.6 is 15.9 Å². The summed E-state index contributed by atoms with van der Waals surface area (Å²) in [6.07, 6.45) is 3.76. The van der Waals surface area contributed by atoms with Crippen LogP contribution in [-0.2, 0) is 6.42 Å². The summed E-state index contributed by atoms with van der Waals surface area (Å²) in [6, 6.07) is 3.85. The number of halogens is 1. The number of ether oxygens (including phenoxy) is 1. The molecule has 0 spiro atoms. The average Bonchev–Trinajstić information content (AvgIpc) is 2.53. The molecule has 0 unspecified atom stereocenters. The highest BCUT2D eigenvalue weighted by atomic mass is 79.9. The number of aryl methyl sites for hydroxylation is 1. The van der Waals surface area contributed by atoms with Crippen LogP contribution < -0.4 is 4.74 Å². The van der Waals surface area contributed by atoms with Gasteiger partial charge in [-0.25, -0.2) is 0 Å². The largest absolute Gasteiger partial charge is 0.492 e. The van der Waals surface area contributed by atoms with Gasteiger partial charge in [0.15, 0.2) is 5.78 Å². The molecule has 1 heterocycles. The molecule has 16 heavy (non-hydrogen) atoms. The molecule has 0 saturated carbocycles. The molecule has 0 amide bonds. The summed E-state index contributed by atoms with van der Waals surface area (Å²) < 4.78 is 6.60. The molecule has 0 fully saturated rings. The maximum absolute atomic E-state index is 11.7. The zero-order valence-electron chi connectivity index (χ0n) is 9.38. The quantitative estimate of drug-likeness (QED) is 0.772. The van der Waals surface area contributed by atoms with E-state index in [-0.39, 0.29) is 5.78 Å². The third kappa shape index (κ3) is 2.29. The first kappa shape index (κ1) is 11.6. The van der Waals surface area contributed by atoms with Crippen molar-refractivity contribution >= 4 is 21.7 Å². The Morgan fingerprint density at radius 1 is 1.44 bits per heavy atom. The Balaban J connectivity index is 2.43. The summed E-state index contributed by atoms with van der Waals surface area (Å²) in [5.41, 5.74) is 1.95. The fraction of sp³-hybridized carbons (Fsp3) is 0.462. The fourth-order valence-corrected chi connectivity index (χ4v) is 2.57. The molecule has 2 rings (SSSR count). The number of benzene rings is 1. The van der Waals surface area contributed by atoms with Crippen molar-refractivity contribution in [2.45, 2.75) is 32.6 Å². The summed E-state index contributed by atoms with van der Waals surface area (Å²) in [7, 11) is 0. The van der Waals surface area contributed by atoms with Crippen molar-refractivity contribution < 1.29 is 9.53 Å². The van der Waals surface area contributed by atoms with Gasteiger partial charge in [-0.15, -0.1) is 0 Å². The minimum absolute atomic E-state index is 0.188. The van der Waals surface area contributed by atoms with Crippen LogP contribution in [-0.4, -0.2) is 12.4 Å². The molecule has 0 aliphatic carbocycles. The van der Waals surface area contributed by atoms with Crippen molar-refractivity contribution in [1.29, 1.82) is 0 Å². The Labute approximate surface area is 104 Å². The molecule has 0 atom stereocenters. The second kappa shape index (κ2) is 5.00. The van der Waals surface area contributed by atoms with E-state index in [4.69, 9.17) is 4.74 Å². The summed E-state index contributed by atoms with van der Waals surface area (Å²) in [5, 5.41) is 0. The lowest BCUT2D eigenvalue weighted by Crippen LogP contribution is -2.01. The van der Waals surface area contributed by atoms with E-state index in [1.165, 1.54) is 0 Å². The smallest absolute Gasteiger partial charge is 0.162 e. The highest BCUT2D eigenvalue weighted by molar-refractivity contribution is 9.10. The van der Waals surface area contributed by atoms with Crippen LogP contribution in [0.25, 0.3) is 0 Å². The van der Waals surface area contributed by atoms with Gasteiger partial charge >= 0.3 is 0 Å². The van der Waals surface area contributed by atoms with Crippen molar-refractivity contribution in [1.82, 2.24) is 0 Å². The normalized spacial score (nSPS) is 14.9. The summed E-state index contributed by atoms with van der Waals surface area (Å²) >= 11 is 3.49. The topological polar surface area (TPSA) is 26.3 Å². The predicted octanol–water partition coefficient (Wildman–Crippen LogP) is 3.76. The van der Waals surface area contributed by atoms with Gasteiger partial charge in [-0.1, -0.05) is 6.92 Å². The van der Waals surface area contributed by atoms with Crippen molar-refractivity contribution in [3.05, 3.63) is 27.7 Å². The highest BCUT2D eigenvalue weighted by Gasteiger charge is 2.15. The third-order valence-corrected chi connectivity index (χ3v) is 3.44. The van der Waals surface area contributed by atoms with E-state index in [9.17, 15) is 4.79 Å². The number of carbonyl (C=O) groups is 1. The Morgan fingerprint density at radius 3 is 3.00 bits per heavy atom. The minimum atomic E-state index is 0.188. The lowest BCUT2D eigenvalue weighted by molar-refractivity contribution is 0.0988. The molecular formula is C13H15BrO2. The summed E-state index contributed by atoms with van der Waals surface area (Å²) in [5.74, 6) is 1.11. The molecule has 1 aromatic carbocycles. The maximum atomic E-state index is 11.7. The van der Waals surface area contributed by atoms with Gasteiger partial charge in [0, 0.05) is 12.0 Å². The van der Waals surface area contributed by atoms with E-state index < -0.39 is 0 Å². The standard InChI is InChI=1S/C13H15BrO2/c1-2-12(15)10-7-9-5-3-4-6-16-13(9)11(14)8-10/h7-8H,2-6H2,1H3. The number of carbonyl (C=O) groups excluding carboxylic acids is 1. The lowest BCUT2D eigenvalue weighted by Gasteiger charge is -2.11. The summed E-state index contributed by atoms with van der Waals surface area (Å²) in [4.78, 5) is 11.7. The molecule has 0 bridgehead atoms. The van der Waals surface area contributed by atoms with E-state index in [2.05, 4.69) is 15.9 Å². The molecule has 3 heteroatoms. The van der Waals surface area contributed by atoms with Crippen LogP contribution in [0.15, 0.2) is 16.6 Å². The van der Waals surface area contributed by atoms with Gasteiger partial charge in [-0.2, -0.15) is 0 Å². The molecule has 86 valence electrons. The predicted molar refractivity (Wildman–Crippen MR) is 67.2 cm³/mol. The number of ketones is 1. The lowest BCUT2D eigenvalue weighted by atomic mass is 10.0. The van der Waals surface area contributed by atoms with Crippen LogP contribution in [0.2, 0.25) is 0 Å². The molecule has 1 aliphatic heterocycles. The van der Waals surface area contributed by atoms with E-state index in [0.29, 0.717) is 6.42 Å². The first-order chi connectivity index (χ1) is 7.72. The molecule has 1 aromatic rings. The number of hydrogen-bond donors (Lipinski definition) is 0. The van der Waals surface area contributed by atoms with E-state index >= 15 is 0 Å². The van der Waals surface area contributed by atoms with Gasteiger partial charge in [0.25, 0.3) is 0 Å². The number of rotatable bonds is 2. The average molecular weight is 283 g/mol. The molecule has 0 N–H and O–H groups in total. The van der Waals surface area contributed by atoms with Crippen LogP contribution in [0.5, 0.6) is 5.75 Å². The molecule has 0 saturated heterocycles. The second-order valence-electron chi connectivity index (χ2n) is 4.03. The van der Waals surface area contributed by atoms with Crippen molar-refractivity contribution in [3.63, 3.8) is 0 Å². The van der Waals surface area contributed by atoms with Gasteiger partial charge in [0.05, 0.1) is 11.1 Å². The maximum Gasteiger partial charge on any atom is 0.162 e. The Bertz CT molecular complexity index is 413. The first-order valence-electron chi connectivity index (χ1n) is 5.70. The minimum Gasteiger partial charge on any atom is -0.492 e. The van der Waals surface area contributed by atoms with Crippen LogP contribution in [0.4, 0.5) is 0 Å². The van der Waals surface area contributed by atoms with Gasteiger partial charge in [0.2, 0.25) is 0 Å². The zero-order valence-corrected chi connectivity index (χ0v) is 11.0. The Morgan fingerprint density at radius 2 is 2.25 bits per heavy atom. The third-order valence-electron chi connectivity index (χ3n) is 2.85. The van der Waals surface area contributed by atoms with E-state index in [1.54, 1.807) is 0 Å². The zero-order chi connectivity index (χ0) is 11.5. The van der Waals surface area contributed by atoms with E-state index in [1.807, 2.05) is 19.1 Å². The second-order valence-corrected chi connectivity index (χ2v) is 4.88. The molecule has 1 aliphatic rings. The Hall–Kier alpha value is -0.830. The van der Waals surface area contributed by atoms with Crippen LogP contribution in [0, 0.1) is 0 Å². The van der Waals surface area contributed by atoms with Crippen LogP contribution in [0.1, 0.15) is 42.1 Å².